The van der Waals surface area contributed by atoms with Crippen LogP contribution in [-0.4, -0.2) is 21.3 Å². The summed E-state index contributed by atoms with van der Waals surface area (Å²) in [7, 11) is 0. The van der Waals surface area contributed by atoms with Gasteiger partial charge >= 0.3 is 0 Å². The fourth-order valence-corrected chi connectivity index (χ4v) is 5.06. The maximum atomic E-state index is 6.47. The fraction of sp³-hybridized carbons (Fsp3) is 0.467. The Kier molecular flexibility index (Phi) is 12.6. The van der Waals surface area contributed by atoms with Gasteiger partial charge in [0, 0.05) is 10.1 Å². The van der Waals surface area contributed by atoms with Gasteiger partial charge in [0.1, 0.15) is 10.8 Å². The monoisotopic (exact) mass is 542 g/mol. The van der Waals surface area contributed by atoms with Crippen LogP contribution in [0.3, 0.4) is 0 Å². The molecular formula is C30H43ClN4OS. The molecule has 0 aliphatic carbocycles. The van der Waals surface area contributed by atoms with E-state index in [1.54, 1.807) is 18.0 Å². The minimum Gasteiger partial charge on any atom is -0.489 e. The van der Waals surface area contributed by atoms with Crippen LogP contribution in [0.4, 0.5) is 23.1 Å². The molecule has 0 radical (unpaired) electrons. The number of para-hydroxylation sites is 1. The van der Waals surface area contributed by atoms with Crippen molar-refractivity contribution in [3.63, 3.8) is 0 Å². The smallest absolute Gasteiger partial charge is 0.229 e. The molecule has 0 spiro atoms. The molecule has 0 saturated carbocycles. The lowest BCUT2D eigenvalue weighted by molar-refractivity contribution is 0.243. The number of aromatic nitrogens is 2. The second-order valence-corrected chi connectivity index (χ2v) is 11.2. The highest BCUT2D eigenvalue weighted by Crippen LogP contribution is 2.37. The molecule has 2 aromatic carbocycles. The zero-order valence-corrected chi connectivity index (χ0v) is 25.3. The largest absolute Gasteiger partial charge is 0.489 e. The molecule has 0 saturated heterocycles. The van der Waals surface area contributed by atoms with Crippen molar-refractivity contribution in [2.75, 3.05) is 10.6 Å². The Labute approximate surface area is 233 Å². The van der Waals surface area contributed by atoms with Gasteiger partial charge < -0.3 is 15.4 Å². The molecule has 202 valence electrons. The lowest BCUT2D eigenvalue weighted by Crippen LogP contribution is -2.10. The maximum absolute atomic E-state index is 6.47. The summed E-state index contributed by atoms with van der Waals surface area (Å²) in [5.41, 5.74) is 4.36. The molecule has 0 amide bonds. The molecule has 7 heteroatoms. The molecule has 1 heterocycles. The second kappa shape index (κ2) is 15.1. The molecule has 37 heavy (non-hydrogen) atoms. The number of nitrogens with zero attached hydrogens (tertiary/aromatic N) is 2. The van der Waals surface area contributed by atoms with Crippen LogP contribution in [0.1, 0.15) is 85.3 Å². The molecule has 0 unspecified atom stereocenters. The van der Waals surface area contributed by atoms with Gasteiger partial charge in [0.15, 0.2) is 5.82 Å². The Morgan fingerprint density at radius 2 is 1.65 bits per heavy atom. The number of anilines is 4. The van der Waals surface area contributed by atoms with E-state index >= 15 is 0 Å². The molecule has 0 aliphatic rings. The predicted octanol–water partition coefficient (Wildman–Crippen LogP) is 10.1. The van der Waals surface area contributed by atoms with Crippen LogP contribution in [-0.2, 0) is 0 Å². The molecule has 0 aliphatic heterocycles. The number of aryl methyl sites for hydroxylation is 1. The van der Waals surface area contributed by atoms with E-state index in [1.807, 2.05) is 45.9 Å². The third kappa shape index (κ3) is 8.82. The average molecular weight is 543 g/mol. The van der Waals surface area contributed by atoms with Gasteiger partial charge in [-0.15, -0.1) is 11.8 Å². The van der Waals surface area contributed by atoms with E-state index in [0.717, 1.165) is 34.9 Å². The summed E-state index contributed by atoms with van der Waals surface area (Å²) < 4.78 is 6.19. The molecule has 3 aromatic rings. The van der Waals surface area contributed by atoms with Crippen LogP contribution < -0.4 is 15.4 Å². The van der Waals surface area contributed by atoms with Crippen LogP contribution in [0.25, 0.3) is 0 Å². The van der Waals surface area contributed by atoms with Gasteiger partial charge in [-0.1, -0.05) is 65.3 Å². The molecular weight excluding hydrogens is 500 g/mol. The van der Waals surface area contributed by atoms with Gasteiger partial charge in [0.25, 0.3) is 0 Å². The van der Waals surface area contributed by atoms with Crippen molar-refractivity contribution in [2.24, 2.45) is 0 Å². The summed E-state index contributed by atoms with van der Waals surface area (Å²) in [6, 6.07) is 12.5. The van der Waals surface area contributed by atoms with E-state index in [1.165, 1.54) is 11.1 Å². The zero-order valence-electron chi connectivity index (χ0n) is 23.8. The number of rotatable bonds is 11. The summed E-state index contributed by atoms with van der Waals surface area (Å²) in [6.07, 6.45) is 3.85. The Morgan fingerprint density at radius 3 is 2.27 bits per heavy atom. The Balaban J connectivity index is 0.00000235. The number of hydrogen-bond acceptors (Lipinski definition) is 6. The predicted molar refractivity (Wildman–Crippen MR) is 163 cm³/mol. The first-order valence-electron chi connectivity index (χ1n) is 13.3. The minimum absolute atomic E-state index is 0.0473. The SMILES string of the molecule is CC.CCC(CC)c1cc(OC(C)C)c(Nc2ncc(Cl)c(Nc3ccccc3SC(C)C)n2)cc1C. The highest BCUT2D eigenvalue weighted by Gasteiger charge is 2.17. The molecule has 0 fully saturated rings. The van der Waals surface area contributed by atoms with Crippen LogP contribution in [0.5, 0.6) is 5.75 Å². The van der Waals surface area contributed by atoms with Gasteiger partial charge in [-0.2, -0.15) is 4.98 Å². The van der Waals surface area contributed by atoms with Crippen molar-refractivity contribution >= 4 is 46.5 Å². The molecule has 5 nitrogen and oxygen atoms in total. The topological polar surface area (TPSA) is 59.1 Å². The van der Waals surface area contributed by atoms with E-state index in [9.17, 15) is 0 Å². The molecule has 2 N–H and O–H groups in total. The molecule has 3 rings (SSSR count). The molecule has 1 aromatic heterocycles. The number of hydrogen-bond donors (Lipinski definition) is 2. The number of benzene rings is 2. The highest BCUT2D eigenvalue weighted by atomic mass is 35.5. The van der Waals surface area contributed by atoms with Gasteiger partial charge in [0.2, 0.25) is 5.95 Å². The van der Waals surface area contributed by atoms with Crippen molar-refractivity contribution in [3.8, 4) is 5.75 Å². The van der Waals surface area contributed by atoms with Crippen LogP contribution in [0.2, 0.25) is 5.02 Å². The highest BCUT2D eigenvalue weighted by molar-refractivity contribution is 8.00. The Bertz CT molecular complexity index is 1130. The number of thioether (sulfide) groups is 1. The van der Waals surface area contributed by atoms with Gasteiger partial charge in [-0.25, -0.2) is 4.98 Å². The van der Waals surface area contributed by atoms with Crippen molar-refractivity contribution in [2.45, 2.75) is 97.3 Å². The first kappa shape index (κ1) is 30.8. The van der Waals surface area contributed by atoms with Crippen molar-refractivity contribution in [3.05, 3.63) is 58.7 Å². The summed E-state index contributed by atoms with van der Waals surface area (Å²) in [5, 5.41) is 7.68. The normalized spacial score (nSPS) is 10.9. The summed E-state index contributed by atoms with van der Waals surface area (Å²) in [5.74, 6) is 2.32. The van der Waals surface area contributed by atoms with Gasteiger partial charge in [-0.3, -0.25) is 0 Å². The van der Waals surface area contributed by atoms with E-state index in [2.05, 4.69) is 68.4 Å². The lowest BCUT2D eigenvalue weighted by atomic mass is 9.90. The summed E-state index contributed by atoms with van der Waals surface area (Å²) >= 11 is 8.27. The Morgan fingerprint density at radius 1 is 0.973 bits per heavy atom. The summed E-state index contributed by atoms with van der Waals surface area (Å²) in [4.78, 5) is 10.3. The minimum atomic E-state index is 0.0473. The number of halogens is 1. The van der Waals surface area contributed by atoms with Crippen LogP contribution in [0.15, 0.2) is 47.5 Å². The van der Waals surface area contributed by atoms with Crippen molar-refractivity contribution in [1.29, 1.82) is 0 Å². The third-order valence-corrected chi connectivity index (χ3v) is 7.01. The third-order valence-electron chi connectivity index (χ3n) is 5.65. The van der Waals surface area contributed by atoms with E-state index in [0.29, 0.717) is 28.0 Å². The Hall–Kier alpha value is -2.44. The maximum Gasteiger partial charge on any atom is 0.229 e. The number of ether oxygens (including phenoxy) is 1. The first-order valence-corrected chi connectivity index (χ1v) is 14.6. The van der Waals surface area contributed by atoms with E-state index in [-0.39, 0.29) is 6.10 Å². The zero-order chi connectivity index (χ0) is 27.5. The molecule has 0 bridgehead atoms. The van der Waals surface area contributed by atoms with Crippen molar-refractivity contribution < 1.29 is 4.74 Å². The van der Waals surface area contributed by atoms with Gasteiger partial charge in [-0.05, 0) is 74.9 Å². The standard InChI is InChI=1S/C28H37ClN4OS.C2H6/c1-8-20(9-2)21-15-25(34-17(3)4)24(14-19(21)7)32-28-30-16-22(29)27(33-28)31-23-12-10-11-13-26(23)35-18(5)6;1-2/h10-18,20H,8-9H2,1-7H3,(H2,30,31,32,33);1-2H3. The summed E-state index contributed by atoms with van der Waals surface area (Å²) in [6.45, 7) is 19.0. The first-order chi connectivity index (χ1) is 17.7. The fourth-order valence-electron chi connectivity index (χ4n) is 4.01. The quantitative estimate of drug-likeness (QED) is 0.235. The van der Waals surface area contributed by atoms with Crippen LogP contribution >= 0.6 is 23.4 Å². The van der Waals surface area contributed by atoms with E-state index < -0.39 is 0 Å². The number of nitrogens with one attached hydrogen (secondary N) is 2. The molecule has 0 atom stereocenters. The average Bonchev–Trinajstić information content (AvgIpc) is 2.86. The van der Waals surface area contributed by atoms with Crippen LogP contribution in [0, 0.1) is 6.92 Å². The second-order valence-electron chi connectivity index (χ2n) is 9.19. The van der Waals surface area contributed by atoms with Crippen molar-refractivity contribution in [1.82, 2.24) is 9.97 Å². The van der Waals surface area contributed by atoms with Gasteiger partial charge in [0.05, 0.1) is 23.7 Å². The lowest BCUT2D eigenvalue weighted by Gasteiger charge is -2.22. The van der Waals surface area contributed by atoms with E-state index in [4.69, 9.17) is 21.3 Å².